The molecule has 0 aromatic rings. The quantitative estimate of drug-likeness (QED) is 0.330. The summed E-state index contributed by atoms with van der Waals surface area (Å²) in [6, 6.07) is 0. The minimum atomic E-state index is -1.84. The standard InChI is InChI=1S/C15H26O8/c1-2-3-4-5-6-7-13(18)22-9-11(16)10-23-14(19)8-12(17)15(20)21/h11-12,16-17H,2-10H2,1H3,(H,20,21)/t11?,12-/m1/s1. The Morgan fingerprint density at radius 2 is 1.48 bits per heavy atom. The summed E-state index contributed by atoms with van der Waals surface area (Å²) in [5.74, 6) is -2.91. The molecule has 1 unspecified atom stereocenters. The van der Waals surface area contributed by atoms with E-state index in [1.807, 2.05) is 0 Å². The highest BCUT2D eigenvalue weighted by Crippen LogP contribution is 2.06. The molecule has 8 nitrogen and oxygen atoms in total. The molecule has 0 rings (SSSR count). The smallest absolute Gasteiger partial charge is 0.333 e. The highest BCUT2D eigenvalue weighted by molar-refractivity contribution is 5.80. The molecule has 23 heavy (non-hydrogen) atoms. The first-order chi connectivity index (χ1) is 10.9. The molecule has 0 aliphatic heterocycles. The van der Waals surface area contributed by atoms with Crippen LogP contribution in [0.5, 0.6) is 0 Å². The van der Waals surface area contributed by atoms with E-state index in [4.69, 9.17) is 14.9 Å². The van der Waals surface area contributed by atoms with Crippen molar-refractivity contribution in [1.29, 1.82) is 0 Å². The van der Waals surface area contributed by atoms with Gasteiger partial charge in [0, 0.05) is 6.42 Å². The molecule has 0 amide bonds. The SMILES string of the molecule is CCCCCCCC(=O)OCC(O)COC(=O)C[C@@H](O)C(=O)O. The van der Waals surface area contributed by atoms with Gasteiger partial charge in [0.15, 0.2) is 6.10 Å². The molecular weight excluding hydrogens is 308 g/mol. The van der Waals surface area contributed by atoms with E-state index in [9.17, 15) is 19.5 Å². The molecule has 0 saturated carbocycles. The Hall–Kier alpha value is -1.67. The Morgan fingerprint density at radius 1 is 0.913 bits per heavy atom. The van der Waals surface area contributed by atoms with Crippen molar-refractivity contribution in [2.24, 2.45) is 0 Å². The van der Waals surface area contributed by atoms with Crippen molar-refractivity contribution in [2.75, 3.05) is 13.2 Å². The molecule has 0 heterocycles. The lowest BCUT2D eigenvalue weighted by Crippen LogP contribution is -2.28. The van der Waals surface area contributed by atoms with Crippen molar-refractivity contribution in [1.82, 2.24) is 0 Å². The van der Waals surface area contributed by atoms with Gasteiger partial charge in [-0.25, -0.2) is 4.79 Å². The van der Waals surface area contributed by atoms with Crippen molar-refractivity contribution >= 4 is 17.9 Å². The van der Waals surface area contributed by atoms with Gasteiger partial charge in [-0.1, -0.05) is 32.6 Å². The van der Waals surface area contributed by atoms with Gasteiger partial charge in [0.05, 0.1) is 6.42 Å². The Bertz CT molecular complexity index is 368. The molecule has 3 N–H and O–H groups in total. The Labute approximate surface area is 135 Å². The lowest BCUT2D eigenvalue weighted by molar-refractivity contribution is -0.159. The topological polar surface area (TPSA) is 130 Å². The minimum absolute atomic E-state index is 0.279. The highest BCUT2D eigenvalue weighted by Gasteiger charge is 2.19. The number of carbonyl (C=O) groups is 3. The fourth-order valence-electron chi connectivity index (χ4n) is 1.68. The first-order valence-corrected chi connectivity index (χ1v) is 7.77. The molecule has 0 aromatic heterocycles. The molecule has 0 bridgehead atoms. The summed E-state index contributed by atoms with van der Waals surface area (Å²) in [5, 5.41) is 26.8. The zero-order valence-electron chi connectivity index (χ0n) is 13.4. The van der Waals surface area contributed by atoms with Gasteiger partial charge < -0.3 is 24.8 Å². The lowest BCUT2D eigenvalue weighted by atomic mass is 10.1. The largest absolute Gasteiger partial charge is 0.479 e. The number of aliphatic carboxylic acids is 1. The van der Waals surface area contributed by atoms with E-state index in [1.165, 1.54) is 0 Å². The van der Waals surface area contributed by atoms with Crippen LogP contribution in [0.15, 0.2) is 0 Å². The van der Waals surface area contributed by atoms with Gasteiger partial charge in [-0.3, -0.25) is 9.59 Å². The van der Waals surface area contributed by atoms with Crippen LogP contribution >= 0.6 is 0 Å². The van der Waals surface area contributed by atoms with Crippen LogP contribution in [0.1, 0.15) is 51.9 Å². The Kier molecular flexibility index (Phi) is 11.9. The number of aliphatic hydroxyl groups excluding tert-OH is 2. The van der Waals surface area contributed by atoms with E-state index in [2.05, 4.69) is 11.7 Å². The second-order valence-electron chi connectivity index (χ2n) is 5.24. The Morgan fingerprint density at radius 3 is 2.04 bits per heavy atom. The van der Waals surface area contributed by atoms with Gasteiger partial charge in [0.1, 0.15) is 19.3 Å². The summed E-state index contributed by atoms with van der Waals surface area (Å²) in [6.45, 7) is 1.36. The van der Waals surface area contributed by atoms with Gasteiger partial charge in [0.25, 0.3) is 0 Å². The summed E-state index contributed by atoms with van der Waals surface area (Å²) in [5.41, 5.74) is 0. The van der Waals surface area contributed by atoms with Gasteiger partial charge in [-0.15, -0.1) is 0 Å². The third kappa shape index (κ3) is 12.5. The zero-order chi connectivity index (χ0) is 17.7. The molecule has 8 heteroatoms. The molecule has 0 radical (unpaired) electrons. The number of hydrogen-bond acceptors (Lipinski definition) is 7. The van der Waals surface area contributed by atoms with Crippen molar-refractivity contribution in [3.63, 3.8) is 0 Å². The monoisotopic (exact) mass is 334 g/mol. The molecule has 0 saturated heterocycles. The highest BCUT2D eigenvalue weighted by atomic mass is 16.6. The van der Waals surface area contributed by atoms with E-state index < -0.39 is 43.1 Å². The molecule has 0 aliphatic rings. The number of rotatable bonds is 13. The van der Waals surface area contributed by atoms with E-state index in [0.717, 1.165) is 32.1 Å². The van der Waals surface area contributed by atoms with Gasteiger partial charge in [-0.05, 0) is 6.42 Å². The van der Waals surface area contributed by atoms with Crippen molar-refractivity contribution < 1.29 is 39.2 Å². The van der Waals surface area contributed by atoms with E-state index >= 15 is 0 Å². The van der Waals surface area contributed by atoms with Gasteiger partial charge >= 0.3 is 17.9 Å². The van der Waals surface area contributed by atoms with E-state index in [-0.39, 0.29) is 13.0 Å². The second kappa shape index (κ2) is 12.8. The van der Waals surface area contributed by atoms with Crippen LogP contribution in [0.25, 0.3) is 0 Å². The van der Waals surface area contributed by atoms with Crippen molar-refractivity contribution in [3.05, 3.63) is 0 Å². The summed E-state index contributed by atoms with van der Waals surface area (Å²) >= 11 is 0. The molecule has 0 spiro atoms. The van der Waals surface area contributed by atoms with Crippen LogP contribution in [-0.2, 0) is 23.9 Å². The lowest BCUT2D eigenvalue weighted by Gasteiger charge is -2.12. The third-order valence-electron chi connectivity index (χ3n) is 3.00. The van der Waals surface area contributed by atoms with Crippen LogP contribution in [0.2, 0.25) is 0 Å². The third-order valence-corrected chi connectivity index (χ3v) is 3.00. The van der Waals surface area contributed by atoms with Crippen molar-refractivity contribution in [3.8, 4) is 0 Å². The van der Waals surface area contributed by atoms with E-state index in [0.29, 0.717) is 0 Å². The number of carboxylic acid groups (broad SMARTS) is 1. The number of aliphatic hydroxyl groups is 2. The molecule has 0 fully saturated rings. The molecular formula is C15H26O8. The first kappa shape index (κ1) is 21.3. The number of hydrogen-bond donors (Lipinski definition) is 3. The normalized spacial score (nSPS) is 13.2. The Balaban J connectivity index is 3.69. The number of ether oxygens (including phenoxy) is 2. The summed E-state index contributed by atoms with van der Waals surface area (Å²) in [7, 11) is 0. The number of unbranched alkanes of at least 4 members (excludes halogenated alkanes) is 4. The molecule has 134 valence electrons. The van der Waals surface area contributed by atoms with E-state index in [1.54, 1.807) is 0 Å². The number of esters is 2. The summed E-state index contributed by atoms with van der Waals surface area (Å²) in [4.78, 5) is 32.9. The zero-order valence-corrected chi connectivity index (χ0v) is 13.4. The maximum atomic E-state index is 11.4. The predicted molar refractivity (Wildman–Crippen MR) is 79.6 cm³/mol. The average molecular weight is 334 g/mol. The minimum Gasteiger partial charge on any atom is -0.479 e. The van der Waals surface area contributed by atoms with Crippen LogP contribution < -0.4 is 0 Å². The summed E-state index contributed by atoms with van der Waals surface area (Å²) < 4.78 is 9.42. The maximum absolute atomic E-state index is 11.4. The fraction of sp³-hybridized carbons (Fsp3) is 0.800. The second-order valence-corrected chi connectivity index (χ2v) is 5.24. The number of carboxylic acids is 1. The number of carbonyl (C=O) groups excluding carboxylic acids is 2. The van der Waals surface area contributed by atoms with Gasteiger partial charge in [-0.2, -0.15) is 0 Å². The van der Waals surface area contributed by atoms with Crippen LogP contribution in [-0.4, -0.2) is 58.6 Å². The maximum Gasteiger partial charge on any atom is 0.333 e. The fourth-order valence-corrected chi connectivity index (χ4v) is 1.68. The van der Waals surface area contributed by atoms with Crippen LogP contribution in [0.4, 0.5) is 0 Å². The van der Waals surface area contributed by atoms with Crippen molar-refractivity contribution in [2.45, 2.75) is 64.1 Å². The van der Waals surface area contributed by atoms with Crippen LogP contribution in [0, 0.1) is 0 Å². The average Bonchev–Trinajstić information content (AvgIpc) is 2.50. The first-order valence-electron chi connectivity index (χ1n) is 7.77. The molecule has 0 aliphatic carbocycles. The molecule has 2 atom stereocenters. The predicted octanol–water partition coefficient (Wildman–Crippen LogP) is 0.630. The van der Waals surface area contributed by atoms with Crippen LogP contribution in [0.3, 0.4) is 0 Å². The summed E-state index contributed by atoms with van der Waals surface area (Å²) in [6.07, 6.45) is 1.56. The van der Waals surface area contributed by atoms with Gasteiger partial charge in [0.2, 0.25) is 0 Å². The molecule has 0 aromatic carbocycles.